The van der Waals surface area contributed by atoms with Crippen molar-refractivity contribution in [2.45, 2.75) is 13.2 Å². The van der Waals surface area contributed by atoms with E-state index in [2.05, 4.69) is 0 Å². The standard InChI is InChI=1S/C24H18FN3O4/c1-31-9-8-28-14-19(10-18(13-27)24(28)30)23(29)21-11-20(25)6-7-22(21)32-15-17-4-2-16(12-26)3-5-17/h2-7,10-11,14H,8-9,15H2,1H3. The summed E-state index contributed by atoms with van der Waals surface area (Å²) >= 11 is 0. The number of carbonyl (C=O) groups excluding carboxylic acids is 1. The maximum atomic E-state index is 14.0. The van der Waals surface area contributed by atoms with Gasteiger partial charge in [0.25, 0.3) is 5.56 Å². The van der Waals surface area contributed by atoms with E-state index in [1.54, 1.807) is 30.3 Å². The number of rotatable bonds is 8. The van der Waals surface area contributed by atoms with Crippen LogP contribution in [0.3, 0.4) is 0 Å². The lowest BCUT2D eigenvalue weighted by Gasteiger charge is -2.13. The predicted octanol–water partition coefficient (Wildman–Crippen LogP) is 3.19. The first-order valence-electron chi connectivity index (χ1n) is 9.56. The van der Waals surface area contributed by atoms with Crippen LogP contribution in [0.1, 0.15) is 32.6 Å². The van der Waals surface area contributed by atoms with Gasteiger partial charge in [0.1, 0.15) is 29.8 Å². The molecule has 160 valence electrons. The Morgan fingerprint density at radius 2 is 1.84 bits per heavy atom. The fourth-order valence-electron chi connectivity index (χ4n) is 2.99. The van der Waals surface area contributed by atoms with E-state index in [1.807, 2.05) is 6.07 Å². The van der Waals surface area contributed by atoms with Crippen LogP contribution in [0.25, 0.3) is 0 Å². The lowest BCUT2D eigenvalue weighted by Crippen LogP contribution is -2.25. The van der Waals surface area contributed by atoms with Crippen LogP contribution in [-0.4, -0.2) is 24.1 Å². The van der Waals surface area contributed by atoms with Gasteiger partial charge < -0.3 is 14.0 Å². The second-order valence-electron chi connectivity index (χ2n) is 6.81. The second kappa shape index (κ2) is 10.2. The maximum absolute atomic E-state index is 14.0. The van der Waals surface area contributed by atoms with Gasteiger partial charge in [-0.3, -0.25) is 9.59 Å². The molecule has 0 atom stereocenters. The molecule has 2 aromatic carbocycles. The third kappa shape index (κ3) is 5.07. The predicted molar refractivity (Wildman–Crippen MR) is 113 cm³/mol. The summed E-state index contributed by atoms with van der Waals surface area (Å²) in [6, 6.07) is 15.3. The summed E-state index contributed by atoms with van der Waals surface area (Å²) in [5, 5.41) is 18.2. The van der Waals surface area contributed by atoms with Crippen molar-refractivity contribution in [2.24, 2.45) is 0 Å². The molecule has 0 unspecified atom stereocenters. The highest BCUT2D eigenvalue weighted by Gasteiger charge is 2.19. The van der Waals surface area contributed by atoms with Gasteiger partial charge in [-0.25, -0.2) is 4.39 Å². The molecule has 0 amide bonds. The van der Waals surface area contributed by atoms with Crippen LogP contribution in [0.4, 0.5) is 4.39 Å². The Labute approximate surface area is 183 Å². The maximum Gasteiger partial charge on any atom is 0.268 e. The van der Waals surface area contributed by atoms with Gasteiger partial charge in [0.15, 0.2) is 5.78 Å². The van der Waals surface area contributed by atoms with Crippen LogP contribution in [0.2, 0.25) is 0 Å². The van der Waals surface area contributed by atoms with E-state index in [1.165, 1.54) is 36.1 Å². The molecule has 0 aliphatic rings. The Kier molecular flexibility index (Phi) is 7.12. The van der Waals surface area contributed by atoms with Gasteiger partial charge in [0.05, 0.1) is 23.8 Å². The smallest absolute Gasteiger partial charge is 0.268 e. The number of halogens is 1. The molecule has 0 saturated carbocycles. The first kappa shape index (κ1) is 22.4. The van der Waals surface area contributed by atoms with E-state index in [4.69, 9.17) is 14.7 Å². The zero-order valence-corrected chi connectivity index (χ0v) is 17.2. The quantitative estimate of drug-likeness (QED) is 0.507. The first-order chi connectivity index (χ1) is 15.5. The molecule has 32 heavy (non-hydrogen) atoms. The summed E-state index contributed by atoms with van der Waals surface area (Å²) in [4.78, 5) is 25.5. The zero-order valence-electron chi connectivity index (χ0n) is 17.2. The Bertz CT molecular complexity index is 1280. The minimum absolute atomic E-state index is 0.0422. The van der Waals surface area contributed by atoms with Crippen molar-refractivity contribution in [2.75, 3.05) is 13.7 Å². The van der Waals surface area contributed by atoms with Gasteiger partial charge in [0.2, 0.25) is 0 Å². The van der Waals surface area contributed by atoms with Crippen LogP contribution >= 0.6 is 0 Å². The van der Waals surface area contributed by atoms with Crippen molar-refractivity contribution in [1.82, 2.24) is 4.57 Å². The molecule has 0 fully saturated rings. The third-order valence-corrected chi connectivity index (χ3v) is 4.67. The normalized spacial score (nSPS) is 10.2. The van der Waals surface area contributed by atoms with Gasteiger partial charge in [-0.2, -0.15) is 10.5 Å². The SMILES string of the molecule is COCCn1cc(C(=O)c2cc(F)ccc2OCc2ccc(C#N)cc2)cc(C#N)c1=O. The molecular weight excluding hydrogens is 413 g/mol. The molecule has 7 nitrogen and oxygen atoms in total. The third-order valence-electron chi connectivity index (χ3n) is 4.67. The summed E-state index contributed by atoms with van der Waals surface area (Å²) in [6.07, 6.45) is 1.32. The Morgan fingerprint density at radius 3 is 2.50 bits per heavy atom. The van der Waals surface area contributed by atoms with Crippen LogP contribution in [0, 0.1) is 28.5 Å². The van der Waals surface area contributed by atoms with E-state index < -0.39 is 17.2 Å². The average molecular weight is 431 g/mol. The molecule has 8 heteroatoms. The van der Waals surface area contributed by atoms with E-state index in [0.717, 1.165) is 11.6 Å². The fraction of sp³-hybridized carbons (Fsp3) is 0.167. The van der Waals surface area contributed by atoms with Crippen molar-refractivity contribution in [1.29, 1.82) is 10.5 Å². The van der Waals surface area contributed by atoms with Crippen molar-refractivity contribution in [3.05, 3.63) is 98.7 Å². The second-order valence-corrected chi connectivity index (χ2v) is 6.81. The summed E-state index contributed by atoms with van der Waals surface area (Å²) in [5.41, 5.74) is 0.515. The van der Waals surface area contributed by atoms with Gasteiger partial charge in [0, 0.05) is 25.4 Å². The molecule has 3 aromatic rings. The number of pyridine rings is 1. The lowest BCUT2D eigenvalue weighted by molar-refractivity contribution is 0.103. The largest absolute Gasteiger partial charge is 0.488 e. The van der Waals surface area contributed by atoms with Crippen molar-refractivity contribution in [3.63, 3.8) is 0 Å². The number of carbonyl (C=O) groups is 1. The molecule has 0 radical (unpaired) electrons. The molecule has 0 aliphatic heterocycles. The van der Waals surface area contributed by atoms with Crippen LogP contribution in [0.15, 0.2) is 59.5 Å². The number of nitriles is 2. The van der Waals surface area contributed by atoms with E-state index in [-0.39, 0.29) is 42.2 Å². The van der Waals surface area contributed by atoms with Crippen LogP contribution in [-0.2, 0) is 17.9 Å². The minimum Gasteiger partial charge on any atom is -0.488 e. The molecule has 3 rings (SSSR count). The monoisotopic (exact) mass is 431 g/mol. The molecule has 0 bridgehead atoms. The number of nitrogens with zero attached hydrogens (tertiary/aromatic N) is 3. The molecule has 0 N–H and O–H groups in total. The van der Waals surface area contributed by atoms with Crippen molar-refractivity contribution >= 4 is 5.78 Å². The molecule has 0 spiro atoms. The Balaban J connectivity index is 1.94. The van der Waals surface area contributed by atoms with Crippen molar-refractivity contribution in [3.8, 4) is 17.9 Å². The highest BCUT2D eigenvalue weighted by atomic mass is 19.1. The van der Waals surface area contributed by atoms with Gasteiger partial charge in [-0.15, -0.1) is 0 Å². The molecule has 1 aromatic heterocycles. The van der Waals surface area contributed by atoms with E-state index in [9.17, 15) is 19.2 Å². The highest BCUT2D eigenvalue weighted by Crippen LogP contribution is 2.24. The number of benzene rings is 2. The molecule has 0 saturated heterocycles. The van der Waals surface area contributed by atoms with Gasteiger partial charge in [-0.1, -0.05) is 12.1 Å². The molecule has 1 heterocycles. The molecule has 0 aliphatic carbocycles. The topological polar surface area (TPSA) is 105 Å². The number of hydrogen-bond acceptors (Lipinski definition) is 6. The summed E-state index contributed by atoms with van der Waals surface area (Å²) in [5.74, 6) is -1.08. The highest BCUT2D eigenvalue weighted by molar-refractivity contribution is 6.10. The number of methoxy groups -OCH3 is 1. The summed E-state index contributed by atoms with van der Waals surface area (Å²) < 4.78 is 25.9. The summed E-state index contributed by atoms with van der Waals surface area (Å²) in [7, 11) is 1.47. The number of ether oxygens (including phenoxy) is 2. The first-order valence-corrected chi connectivity index (χ1v) is 9.56. The number of aromatic nitrogens is 1. The summed E-state index contributed by atoms with van der Waals surface area (Å²) in [6.45, 7) is 0.450. The van der Waals surface area contributed by atoms with E-state index >= 15 is 0 Å². The molecular formula is C24H18FN3O4. The average Bonchev–Trinajstić information content (AvgIpc) is 2.82. The minimum atomic E-state index is -0.632. The Hall–Kier alpha value is -4.27. The zero-order chi connectivity index (χ0) is 23.1. The van der Waals surface area contributed by atoms with Crippen LogP contribution < -0.4 is 10.3 Å². The van der Waals surface area contributed by atoms with E-state index in [0.29, 0.717) is 5.56 Å². The fourth-order valence-corrected chi connectivity index (χ4v) is 2.99. The lowest BCUT2D eigenvalue weighted by atomic mass is 10.0. The Morgan fingerprint density at radius 1 is 1.09 bits per heavy atom. The van der Waals surface area contributed by atoms with Gasteiger partial charge >= 0.3 is 0 Å². The number of ketones is 1. The number of hydrogen-bond donors (Lipinski definition) is 0. The van der Waals surface area contributed by atoms with Crippen LogP contribution in [0.5, 0.6) is 5.75 Å². The van der Waals surface area contributed by atoms with Crippen molar-refractivity contribution < 1.29 is 18.7 Å². The van der Waals surface area contributed by atoms with Gasteiger partial charge in [-0.05, 0) is 42.0 Å².